The second-order valence-corrected chi connectivity index (χ2v) is 6.89. The lowest BCUT2D eigenvalue weighted by molar-refractivity contribution is 0.511. The molecule has 2 heterocycles. The Morgan fingerprint density at radius 2 is 1.83 bits per heavy atom. The molecule has 1 N–H and O–H groups in total. The first kappa shape index (κ1) is 15.5. The van der Waals surface area contributed by atoms with E-state index in [0.717, 1.165) is 43.0 Å². The molecule has 126 valence electrons. The molecular weight excluding hydrogens is 303 g/mol. The highest BCUT2D eigenvalue weighted by molar-refractivity contribution is 5.32. The van der Waals surface area contributed by atoms with Crippen LogP contribution in [0.2, 0.25) is 0 Å². The summed E-state index contributed by atoms with van der Waals surface area (Å²) in [6.07, 6.45) is 9.66. The molecule has 2 aliphatic rings. The summed E-state index contributed by atoms with van der Waals surface area (Å²) in [5, 5.41) is 3.57. The minimum atomic E-state index is -0.171. The summed E-state index contributed by atoms with van der Waals surface area (Å²) in [6.45, 7) is 2.82. The normalized spacial score (nSPS) is 19.3. The van der Waals surface area contributed by atoms with Crippen molar-refractivity contribution in [1.82, 2.24) is 15.3 Å². The van der Waals surface area contributed by atoms with E-state index < -0.39 is 0 Å². The molecule has 2 aromatic rings. The predicted octanol–water partition coefficient (Wildman–Crippen LogP) is 3.38. The maximum absolute atomic E-state index is 13.5. The van der Waals surface area contributed by atoms with E-state index in [9.17, 15) is 4.39 Å². The molecule has 0 spiro atoms. The van der Waals surface area contributed by atoms with Crippen molar-refractivity contribution in [3.05, 3.63) is 53.6 Å². The van der Waals surface area contributed by atoms with Crippen LogP contribution in [0.4, 0.5) is 10.3 Å². The molecule has 1 aliphatic heterocycles. The van der Waals surface area contributed by atoms with E-state index in [0.29, 0.717) is 6.54 Å². The first-order valence-corrected chi connectivity index (χ1v) is 8.82. The van der Waals surface area contributed by atoms with E-state index in [4.69, 9.17) is 0 Å². The minimum absolute atomic E-state index is 0.0758. The highest BCUT2D eigenvalue weighted by Crippen LogP contribution is 2.45. The van der Waals surface area contributed by atoms with Crippen molar-refractivity contribution in [3.8, 4) is 0 Å². The number of piperidine rings is 1. The largest absolute Gasteiger partial charge is 0.341 e. The number of halogens is 1. The van der Waals surface area contributed by atoms with Crippen molar-refractivity contribution >= 4 is 5.95 Å². The van der Waals surface area contributed by atoms with Gasteiger partial charge in [0, 0.05) is 43.1 Å². The number of nitrogens with one attached hydrogen (secondary N) is 1. The molecule has 1 aromatic carbocycles. The average molecular weight is 326 g/mol. The van der Waals surface area contributed by atoms with Gasteiger partial charge in [0.05, 0.1) is 0 Å². The van der Waals surface area contributed by atoms with Crippen LogP contribution < -0.4 is 10.2 Å². The van der Waals surface area contributed by atoms with Crippen LogP contribution >= 0.6 is 0 Å². The smallest absolute Gasteiger partial charge is 0.225 e. The summed E-state index contributed by atoms with van der Waals surface area (Å²) < 4.78 is 13.5. The van der Waals surface area contributed by atoms with Gasteiger partial charge in [-0.1, -0.05) is 12.1 Å². The molecule has 24 heavy (non-hydrogen) atoms. The Morgan fingerprint density at radius 1 is 1.08 bits per heavy atom. The third-order valence-electron chi connectivity index (χ3n) is 5.09. The zero-order valence-electron chi connectivity index (χ0n) is 13.8. The van der Waals surface area contributed by atoms with Gasteiger partial charge in [0.15, 0.2) is 0 Å². The number of hydrogen-bond donors (Lipinski definition) is 1. The third kappa shape index (κ3) is 3.26. The zero-order chi connectivity index (χ0) is 16.4. The molecule has 1 saturated heterocycles. The Balaban J connectivity index is 1.39. The maximum Gasteiger partial charge on any atom is 0.225 e. The van der Waals surface area contributed by atoms with E-state index in [1.165, 1.54) is 25.3 Å². The molecule has 2 fully saturated rings. The molecule has 1 aromatic heterocycles. The summed E-state index contributed by atoms with van der Waals surface area (Å²) in [4.78, 5) is 11.3. The lowest BCUT2D eigenvalue weighted by Crippen LogP contribution is -2.31. The Morgan fingerprint density at radius 3 is 2.50 bits per heavy atom. The third-order valence-corrected chi connectivity index (χ3v) is 5.09. The van der Waals surface area contributed by atoms with Crippen LogP contribution in [-0.4, -0.2) is 23.1 Å². The highest BCUT2D eigenvalue weighted by atomic mass is 19.1. The van der Waals surface area contributed by atoms with Gasteiger partial charge >= 0.3 is 0 Å². The number of benzene rings is 1. The minimum Gasteiger partial charge on any atom is -0.341 e. The molecule has 0 unspecified atom stereocenters. The maximum atomic E-state index is 13.5. The van der Waals surface area contributed by atoms with Crippen molar-refractivity contribution in [2.24, 2.45) is 0 Å². The van der Waals surface area contributed by atoms with Gasteiger partial charge in [-0.2, -0.15) is 0 Å². The summed E-state index contributed by atoms with van der Waals surface area (Å²) in [5.41, 5.74) is 2.03. The Kier molecular flexibility index (Phi) is 4.19. The standard InChI is InChI=1S/C19H23FN4/c20-17-6-4-5-16(11-17)19(7-8-19)23-14-15-12-21-18(22-13-15)24-9-2-1-3-10-24/h4-6,11-13,23H,1-3,7-10,14H2. The summed E-state index contributed by atoms with van der Waals surface area (Å²) in [6, 6.07) is 6.91. The van der Waals surface area contributed by atoms with Gasteiger partial charge in [0.25, 0.3) is 0 Å². The second kappa shape index (κ2) is 6.48. The van der Waals surface area contributed by atoms with E-state index >= 15 is 0 Å². The number of aromatic nitrogens is 2. The SMILES string of the molecule is Fc1cccc(C2(NCc3cnc(N4CCCCC4)nc3)CC2)c1. The number of nitrogens with zero attached hydrogens (tertiary/aromatic N) is 3. The van der Waals surface area contributed by atoms with Crippen molar-refractivity contribution in [2.45, 2.75) is 44.2 Å². The van der Waals surface area contributed by atoms with Gasteiger partial charge in [0.2, 0.25) is 5.95 Å². The first-order chi connectivity index (χ1) is 11.8. The van der Waals surface area contributed by atoms with Gasteiger partial charge in [0.1, 0.15) is 5.82 Å². The molecule has 0 bridgehead atoms. The van der Waals surface area contributed by atoms with E-state index in [1.54, 1.807) is 12.1 Å². The van der Waals surface area contributed by atoms with Crippen LogP contribution in [0.5, 0.6) is 0 Å². The van der Waals surface area contributed by atoms with Crippen molar-refractivity contribution < 1.29 is 4.39 Å². The molecule has 5 heteroatoms. The van der Waals surface area contributed by atoms with Gasteiger partial charge in [-0.25, -0.2) is 14.4 Å². The molecule has 0 atom stereocenters. The molecular formula is C19H23FN4. The topological polar surface area (TPSA) is 41.1 Å². The molecule has 0 radical (unpaired) electrons. The monoisotopic (exact) mass is 326 g/mol. The fourth-order valence-electron chi connectivity index (χ4n) is 3.45. The van der Waals surface area contributed by atoms with Crippen LogP contribution in [0.15, 0.2) is 36.7 Å². The second-order valence-electron chi connectivity index (χ2n) is 6.89. The van der Waals surface area contributed by atoms with Gasteiger partial charge in [-0.05, 0) is 49.8 Å². The fraction of sp³-hybridized carbons (Fsp3) is 0.474. The molecule has 1 aliphatic carbocycles. The quantitative estimate of drug-likeness (QED) is 0.914. The van der Waals surface area contributed by atoms with Crippen LogP contribution in [0.1, 0.15) is 43.2 Å². The van der Waals surface area contributed by atoms with Crippen molar-refractivity contribution in [1.29, 1.82) is 0 Å². The average Bonchev–Trinajstić information content (AvgIpc) is 3.43. The summed E-state index contributed by atoms with van der Waals surface area (Å²) in [7, 11) is 0. The molecule has 1 saturated carbocycles. The zero-order valence-corrected chi connectivity index (χ0v) is 13.8. The summed E-state index contributed by atoms with van der Waals surface area (Å²) in [5.74, 6) is 0.666. The van der Waals surface area contributed by atoms with Gasteiger partial charge in [-0.15, -0.1) is 0 Å². The van der Waals surface area contributed by atoms with Crippen LogP contribution in [-0.2, 0) is 12.1 Å². The number of rotatable bonds is 5. The predicted molar refractivity (Wildman–Crippen MR) is 92.2 cm³/mol. The Bertz CT molecular complexity index is 691. The van der Waals surface area contributed by atoms with Crippen molar-refractivity contribution in [3.63, 3.8) is 0 Å². The first-order valence-electron chi connectivity index (χ1n) is 8.82. The Labute approximate surface area is 142 Å². The van der Waals surface area contributed by atoms with Gasteiger partial charge in [-0.3, -0.25) is 0 Å². The molecule has 4 nitrogen and oxygen atoms in total. The van der Waals surface area contributed by atoms with E-state index in [2.05, 4.69) is 20.2 Å². The lowest BCUT2D eigenvalue weighted by atomic mass is 10.0. The lowest BCUT2D eigenvalue weighted by Gasteiger charge is -2.26. The molecule has 0 amide bonds. The Hall–Kier alpha value is -2.01. The number of anilines is 1. The highest BCUT2D eigenvalue weighted by Gasteiger charge is 2.43. The van der Waals surface area contributed by atoms with Gasteiger partial charge < -0.3 is 10.2 Å². The van der Waals surface area contributed by atoms with E-state index in [1.807, 2.05) is 18.5 Å². The van der Waals surface area contributed by atoms with E-state index in [-0.39, 0.29) is 11.4 Å². The van der Waals surface area contributed by atoms with Crippen LogP contribution in [0.3, 0.4) is 0 Å². The van der Waals surface area contributed by atoms with Crippen LogP contribution in [0.25, 0.3) is 0 Å². The number of hydrogen-bond acceptors (Lipinski definition) is 4. The van der Waals surface area contributed by atoms with Crippen LogP contribution in [0, 0.1) is 5.82 Å². The van der Waals surface area contributed by atoms with Crippen molar-refractivity contribution in [2.75, 3.05) is 18.0 Å². The molecule has 4 rings (SSSR count). The fourth-order valence-corrected chi connectivity index (χ4v) is 3.45. The summed E-state index contributed by atoms with van der Waals surface area (Å²) >= 11 is 0.